The molecule has 0 spiro atoms. The Morgan fingerprint density at radius 2 is 1.88 bits per heavy atom. The van der Waals surface area contributed by atoms with Gasteiger partial charge in [-0.1, -0.05) is 51.6 Å². The molecule has 2 N–H and O–H groups in total. The number of nitrogens with zero attached hydrogens (tertiary/aromatic N) is 3. The van der Waals surface area contributed by atoms with Crippen LogP contribution in [-0.2, 0) is 22.7 Å². The van der Waals surface area contributed by atoms with E-state index in [0.717, 1.165) is 20.5 Å². The molecule has 1 aromatic carbocycles. The highest BCUT2D eigenvalue weighted by Crippen LogP contribution is 2.33. The van der Waals surface area contributed by atoms with Crippen molar-refractivity contribution in [2.75, 3.05) is 0 Å². The number of benzene rings is 1. The average Bonchev–Trinajstić information content (AvgIpc) is 3.76. The van der Waals surface area contributed by atoms with E-state index in [1.165, 1.54) is 4.90 Å². The Labute approximate surface area is 251 Å². The van der Waals surface area contributed by atoms with E-state index < -0.39 is 6.04 Å². The number of hydrogen-bond donors (Lipinski definition) is 2. The summed E-state index contributed by atoms with van der Waals surface area (Å²) < 4.78 is 6.72. The molecule has 0 aliphatic carbocycles. The Bertz CT molecular complexity index is 1490. The minimum Gasteiger partial charge on any atom is -0.444 e. The molecule has 4 aromatic rings. The van der Waals surface area contributed by atoms with Gasteiger partial charge < -0.3 is 15.1 Å². The van der Waals surface area contributed by atoms with Crippen LogP contribution < -0.4 is 10.6 Å². The van der Waals surface area contributed by atoms with Crippen LogP contribution in [0, 0.1) is 5.92 Å². The number of allylic oxidation sites excluding steroid dienone is 2. The summed E-state index contributed by atoms with van der Waals surface area (Å²) in [6, 6.07) is 13.0. The molecule has 1 saturated heterocycles. The summed E-state index contributed by atoms with van der Waals surface area (Å²) in [7, 11) is 0. The molecule has 1 fully saturated rings. The molecule has 2 amide bonds. The lowest BCUT2D eigenvalue weighted by Gasteiger charge is -2.26. The van der Waals surface area contributed by atoms with Gasteiger partial charge in [0, 0.05) is 38.6 Å². The van der Waals surface area contributed by atoms with Gasteiger partial charge >= 0.3 is 0 Å². The summed E-state index contributed by atoms with van der Waals surface area (Å²) in [6.45, 7) is 18.6. The number of nitrogens with one attached hydrogen (secondary N) is 2. The van der Waals surface area contributed by atoms with Crippen molar-refractivity contribution < 1.29 is 14.0 Å². The van der Waals surface area contributed by atoms with Gasteiger partial charge in [0.25, 0.3) is 5.91 Å². The fraction of sp³-hybridized carbons (Fsp3) is 0.273. The zero-order chi connectivity index (χ0) is 30.6. The van der Waals surface area contributed by atoms with Crippen molar-refractivity contribution in [3.05, 3.63) is 109 Å². The van der Waals surface area contributed by atoms with Crippen molar-refractivity contribution in [3.8, 4) is 11.5 Å². The first-order valence-electron chi connectivity index (χ1n) is 14.0. The van der Waals surface area contributed by atoms with E-state index in [2.05, 4.69) is 40.3 Å². The highest BCUT2D eigenvalue weighted by molar-refractivity contribution is 7.19. The predicted molar refractivity (Wildman–Crippen MR) is 170 cm³/mol. The summed E-state index contributed by atoms with van der Waals surface area (Å²) in [5, 5.41) is 7.23. The zero-order valence-corrected chi connectivity index (χ0v) is 25.5. The largest absolute Gasteiger partial charge is 0.444 e. The lowest BCUT2D eigenvalue weighted by Crippen LogP contribution is -2.46. The lowest BCUT2D eigenvalue weighted by atomic mass is 10.1. The number of thiophene rings is 1. The highest BCUT2D eigenvalue weighted by atomic mass is 32.1. The topological polar surface area (TPSA) is 100 Å². The molecular formula is C33H39N5O3S. The van der Waals surface area contributed by atoms with E-state index in [1.807, 2.05) is 69.4 Å². The molecule has 9 heteroatoms. The molecule has 220 valence electrons. The fourth-order valence-electron chi connectivity index (χ4n) is 4.55. The number of aromatic nitrogens is 2. The third-order valence-electron chi connectivity index (χ3n) is 6.64. The maximum atomic E-state index is 13.6. The van der Waals surface area contributed by atoms with Gasteiger partial charge in [0.05, 0.1) is 24.5 Å². The molecule has 2 unspecified atom stereocenters. The molecule has 1 aliphatic heterocycles. The Hall–Kier alpha value is -4.50. The van der Waals surface area contributed by atoms with E-state index in [0.29, 0.717) is 42.5 Å². The van der Waals surface area contributed by atoms with Gasteiger partial charge in [-0.15, -0.1) is 24.5 Å². The Balaban J connectivity index is 0.00000116. The summed E-state index contributed by atoms with van der Waals surface area (Å²) >= 11 is 1.62. The summed E-state index contributed by atoms with van der Waals surface area (Å²) in [4.78, 5) is 38.1. The molecule has 3 aromatic heterocycles. The summed E-state index contributed by atoms with van der Waals surface area (Å²) in [5.74, 6) is 0.0388. The third kappa shape index (κ3) is 7.41. The first-order chi connectivity index (χ1) is 20.4. The second-order valence-corrected chi connectivity index (χ2v) is 10.4. The van der Waals surface area contributed by atoms with E-state index in [1.54, 1.807) is 36.8 Å². The van der Waals surface area contributed by atoms with E-state index in [4.69, 9.17) is 4.42 Å². The second kappa shape index (κ2) is 15.5. The van der Waals surface area contributed by atoms with Gasteiger partial charge in [0.15, 0.2) is 0 Å². The maximum absolute atomic E-state index is 13.6. The number of carbonyl (C=O) groups excluding carboxylic acids is 2. The molecule has 0 saturated carbocycles. The van der Waals surface area contributed by atoms with Crippen LogP contribution in [-0.4, -0.2) is 32.7 Å². The average molecular weight is 586 g/mol. The van der Waals surface area contributed by atoms with Crippen LogP contribution in [0.25, 0.3) is 21.5 Å². The van der Waals surface area contributed by atoms with Crippen molar-refractivity contribution >= 4 is 33.2 Å². The summed E-state index contributed by atoms with van der Waals surface area (Å²) in [6.07, 6.45) is 7.37. The minimum atomic E-state index is -0.630. The first-order valence-corrected chi connectivity index (χ1v) is 14.8. The van der Waals surface area contributed by atoms with E-state index in [9.17, 15) is 9.59 Å². The van der Waals surface area contributed by atoms with Gasteiger partial charge in [-0.25, -0.2) is 4.98 Å². The highest BCUT2D eigenvalue weighted by Gasteiger charge is 2.41. The van der Waals surface area contributed by atoms with Crippen molar-refractivity contribution in [3.63, 3.8) is 0 Å². The lowest BCUT2D eigenvalue weighted by molar-refractivity contribution is -0.134. The molecule has 5 rings (SSSR count). The maximum Gasteiger partial charge on any atom is 0.274 e. The first kappa shape index (κ1) is 32.0. The number of likely N-dealkylation sites (tertiary alicyclic amines) is 1. The normalized spacial score (nSPS) is 16.2. The molecule has 1 aliphatic rings. The second-order valence-electron chi connectivity index (χ2n) is 9.23. The van der Waals surface area contributed by atoms with Gasteiger partial charge in [0.2, 0.25) is 11.8 Å². The number of hydrogen-bond acceptors (Lipinski definition) is 7. The zero-order valence-electron chi connectivity index (χ0n) is 24.7. The molecular weight excluding hydrogens is 546 g/mol. The van der Waals surface area contributed by atoms with Crippen LogP contribution in [0.2, 0.25) is 0 Å². The number of oxazole rings is 1. The Morgan fingerprint density at radius 1 is 1.14 bits per heavy atom. The van der Waals surface area contributed by atoms with Gasteiger partial charge in [-0.2, -0.15) is 0 Å². The molecule has 0 bridgehead atoms. The molecule has 2 atom stereocenters. The van der Waals surface area contributed by atoms with Crippen molar-refractivity contribution in [2.45, 2.75) is 53.2 Å². The smallest absolute Gasteiger partial charge is 0.274 e. The molecule has 0 radical (unpaired) electrons. The number of amides is 2. The van der Waals surface area contributed by atoms with Gasteiger partial charge in [-0.05, 0) is 43.5 Å². The van der Waals surface area contributed by atoms with Crippen LogP contribution in [0.4, 0.5) is 0 Å². The van der Waals surface area contributed by atoms with Crippen LogP contribution in [0.3, 0.4) is 0 Å². The Morgan fingerprint density at radius 3 is 2.57 bits per heavy atom. The molecule has 8 nitrogen and oxygen atoms in total. The monoisotopic (exact) mass is 585 g/mol. The van der Waals surface area contributed by atoms with Crippen LogP contribution in [0.5, 0.6) is 0 Å². The molecule has 42 heavy (non-hydrogen) atoms. The van der Waals surface area contributed by atoms with Crippen molar-refractivity contribution in [1.29, 1.82) is 0 Å². The predicted octanol–water partition coefficient (Wildman–Crippen LogP) is 6.84. The van der Waals surface area contributed by atoms with Gasteiger partial charge in [-0.3, -0.25) is 19.5 Å². The quantitative estimate of drug-likeness (QED) is 0.173. The minimum absolute atomic E-state index is 0.00665. The van der Waals surface area contributed by atoms with Crippen molar-refractivity contribution in [2.24, 2.45) is 5.92 Å². The van der Waals surface area contributed by atoms with Gasteiger partial charge in [0.1, 0.15) is 12.3 Å². The number of fused-ring (bicyclic) bond motifs is 1. The number of rotatable bonds is 8. The number of pyridine rings is 1. The van der Waals surface area contributed by atoms with E-state index >= 15 is 0 Å². The standard InChI is InChI=1S/C29H29N5O3S.C2H6.C2H4/c1-4-24(31-15-22-17-37-28(33-22)20-8-6-5-7-9-20)29(36)34-19(3)18(2)12-25(34)27(35)32-16-23-13-21-14-30-11-10-26(21)38-23;2*1-2/h4-11,13-14,17-18,25,31H,3,12,15-16H2,1-2H3,(H,32,35);1-2H3;1-2H2/b24-4+;;. The molecule has 4 heterocycles. The van der Waals surface area contributed by atoms with Crippen molar-refractivity contribution in [1.82, 2.24) is 25.5 Å². The van der Waals surface area contributed by atoms with E-state index in [-0.39, 0.29) is 17.7 Å². The number of carbonyl (C=O) groups is 2. The van der Waals surface area contributed by atoms with Crippen LogP contribution in [0.15, 0.2) is 103 Å². The fourth-order valence-corrected chi connectivity index (χ4v) is 5.52. The third-order valence-corrected chi connectivity index (χ3v) is 7.76. The summed E-state index contributed by atoms with van der Waals surface area (Å²) in [5.41, 5.74) is 2.55. The van der Waals surface area contributed by atoms with Crippen LogP contribution >= 0.6 is 11.3 Å². The Kier molecular flexibility index (Phi) is 11.8. The van der Waals surface area contributed by atoms with Crippen LogP contribution in [0.1, 0.15) is 44.7 Å². The SMILES string of the molecule is C=C.C=C1C(C)CC(C(=O)NCc2cc3cnccc3s2)N1C(=O)/C(=C\C)NCc1coc(-c2ccccc2)n1.CC.